The van der Waals surface area contributed by atoms with Crippen LogP contribution in [0.2, 0.25) is 10.0 Å². The number of anilines is 1. The van der Waals surface area contributed by atoms with Crippen molar-refractivity contribution in [1.82, 2.24) is 4.31 Å². The monoisotopic (exact) mass is 432 g/mol. The molecule has 0 unspecified atom stereocenters. The third kappa shape index (κ3) is 4.99. The maximum Gasteiger partial charge on any atom is 0.244 e. The molecule has 9 heteroatoms. The van der Waals surface area contributed by atoms with Crippen LogP contribution in [0.5, 0.6) is 0 Å². The number of sulfonamides is 1. The highest BCUT2D eigenvalue weighted by Crippen LogP contribution is 2.28. The number of nitrogens with zero attached hydrogens (tertiary/aromatic N) is 1. The molecule has 27 heavy (non-hydrogen) atoms. The highest BCUT2D eigenvalue weighted by atomic mass is 35.5. The molecule has 0 radical (unpaired) electrons. The fraction of sp³-hybridized carbons (Fsp3) is 0.278. The largest absolute Gasteiger partial charge is 0.326 e. The molecule has 0 aromatic heterocycles. The molecule has 0 atom stereocenters. The molecule has 0 aliphatic rings. The smallest absolute Gasteiger partial charge is 0.244 e. The molecular weight excluding hydrogens is 414 g/mol. The van der Waals surface area contributed by atoms with Crippen molar-refractivity contribution in [3.63, 3.8) is 0 Å². The van der Waals surface area contributed by atoms with Gasteiger partial charge < -0.3 is 5.32 Å². The molecule has 5 nitrogen and oxygen atoms in total. The Morgan fingerprint density at radius 2 is 1.78 bits per heavy atom. The first-order chi connectivity index (χ1) is 12.7. The standard InChI is InChI=1S/C18H19Cl2FN2O3S/c1-3-23(4-2)27(25,26)17-10-12(8-9-15(17)20)22-18(24)11-13-14(19)6-5-7-16(13)21/h5-10H,3-4,11H2,1-2H3,(H,22,24). The number of halogens is 3. The molecular formula is C18H19Cl2FN2O3S. The highest BCUT2D eigenvalue weighted by molar-refractivity contribution is 7.89. The van der Waals surface area contributed by atoms with Crippen LogP contribution in [0, 0.1) is 5.82 Å². The molecule has 2 aromatic carbocycles. The summed E-state index contributed by atoms with van der Waals surface area (Å²) in [5, 5.41) is 2.75. The third-order valence-corrected chi connectivity index (χ3v) is 6.82. The quantitative estimate of drug-likeness (QED) is 0.707. The van der Waals surface area contributed by atoms with Crippen molar-refractivity contribution >= 4 is 44.8 Å². The summed E-state index contributed by atoms with van der Waals surface area (Å²) < 4.78 is 40.5. The Balaban J connectivity index is 2.27. The second-order valence-corrected chi connectivity index (χ2v) is 8.38. The van der Waals surface area contributed by atoms with E-state index in [1.807, 2.05) is 0 Å². The minimum Gasteiger partial charge on any atom is -0.326 e. The van der Waals surface area contributed by atoms with Crippen molar-refractivity contribution in [1.29, 1.82) is 0 Å². The SMILES string of the molecule is CCN(CC)S(=O)(=O)c1cc(NC(=O)Cc2c(F)cccc2Cl)ccc1Cl. The number of carbonyl (C=O) groups is 1. The molecule has 1 amide bonds. The lowest BCUT2D eigenvalue weighted by Gasteiger charge is -2.19. The van der Waals surface area contributed by atoms with E-state index in [2.05, 4.69) is 5.32 Å². The van der Waals surface area contributed by atoms with Gasteiger partial charge in [0.15, 0.2) is 0 Å². The molecule has 0 saturated heterocycles. The Morgan fingerprint density at radius 1 is 1.11 bits per heavy atom. The van der Waals surface area contributed by atoms with Gasteiger partial charge in [-0.25, -0.2) is 12.8 Å². The zero-order valence-corrected chi connectivity index (χ0v) is 17.1. The van der Waals surface area contributed by atoms with Crippen LogP contribution in [0.25, 0.3) is 0 Å². The molecule has 146 valence electrons. The molecule has 0 bridgehead atoms. The van der Waals surface area contributed by atoms with Crippen molar-refractivity contribution in [2.24, 2.45) is 0 Å². The number of amides is 1. The molecule has 0 spiro atoms. The van der Waals surface area contributed by atoms with Gasteiger partial charge in [-0.1, -0.05) is 43.1 Å². The summed E-state index contributed by atoms with van der Waals surface area (Å²) >= 11 is 12.0. The summed E-state index contributed by atoms with van der Waals surface area (Å²) in [5.41, 5.74) is 0.309. The second-order valence-electron chi connectivity index (χ2n) is 5.66. The lowest BCUT2D eigenvalue weighted by molar-refractivity contribution is -0.115. The van der Waals surface area contributed by atoms with Crippen molar-refractivity contribution in [3.05, 3.63) is 57.8 Å². The van der Waals surface area contributed by atoms with Crippen molar-refractivity contribution < 1.29 is 17.6 Å². The Hall–Kier alpha value is -1.67. The number of benzene rings is 2. The zero-order chi connectivity index (χ0) is 20.2. The minimum absolute atomic E-state index is 0.0528. The van der Waals surface area contributed by atoms with E-state index in [0.717, 1.165) is 0 Å². The molecule has 0 saturated carbocycles. The van der Waals surface area contributed by atoms with Gasteiger partial charge in [-0.15, -0.1) is 0 Å². The number of nitrogens with one attached hydrogen (secondary N) is 1. The third-order valence-electron chi connectivity index (χ3n) is 3.94. The second kappa shape index (κ2) is 9.01. The van der Waals surface area contributed by atoms with E-state index in [1.165, 1.54) is 40.7 Å². The van der Waals surface area contributed by atoms with E-state index in [-0.39, 0.29) is 45.7 Å². The first kappa shape index (κ1) is 21.6. The van der Waals surface area contributed by atoms with Crippen LogP contribution in [-0.2, 0) is 21.2 Å². The lowest BCUT2D eigenvalue weighted by atomic mass is 10.1. The van der Waals surface area contributed by atoms with Crippen LogP contribution >= 0.6 is 23.2 Å². The highest BCUT2D eigenvalue weighted by Gasteiger charge is 2.25. The zero-order valence-electron chi connectivity index (χ0n) is 14.8. The number of carbonyl (C=O) groups excluding carboxylic acids is 1. The van der Waals surface area contributed by atoms with Crippen LogP contribution in [0.1, 0.15) is 19.4 Å². The van der Waals surface area contributed by atoms with Crippen molar-refractivity contribution in [2.75, 3.05) is 18.4 Å². The molecule has 2 aromatic rings. The maximum absolute atomic E-state index is 13.8. The summed E-state index contributed by atoms with van der Waals surface area (Å²) in [6, 6.07) is 8.31. The number of rotatable bonds is 7. The van der Waals surface area contributed by atoms with E-state index in [1.54, 1.807) is 13.8 Å². The Labute approximate surface area is 168 Å². The van der Waals surface area contributed by atoms with Gasteiger partial charge in [0, 0.05) is 29.4 Å². The van der Waals surface area contributed by atoms with Gasteiger partial charge in [-0.2, -0.15) is 4.31 Å². The Bertz CT molecular complexity index is 927. The van der Waals surface area contributed by atoms with Crippen LogP contribution < -0.4 is 5.32 Å². The van der Waals surface area contributed by atoms with E-state index in [0.29, 0.717) is 0 Å². The van der Waals surface area contributed by atoms with Gasteiger partial charge in [-0.3, -0.25) is 4.79 Å². The normalized spacial score (nSPS) is 11.6. The Morgan fingerprint density at radius 3 is 2.37 bits per heavy atom. The topological polar surface area (TPSA) is 66.5 Å². The van der Waals surface area contributed by atoms with E-state index >= 15 is 0 Å². The maximum atomic E-state index is 13.8. The van der Waals surface area contributed by atoms with Crippen LogP contribution in [0.15, 0.2) is 41.3 Å². The number of hydrogen-bond acceptors (Lipinski definition) is 3. The van der Waals surface area contributed by atoms with Crippen LogP contribution in [0.4, 0.5) is 10.1 Å². The molecule has 0 aliphatic carbocycles. The minimum atomic E-state index is -3.79. The molecule has 0 fully saturated rings. The van der Waals surface area contributed by atoms with Gasteiger partial charge in [0.05, 0.1) is 11.4 Å². The van der Waals surface area contributed by atoms with Gasteiger partial charge in [0.1, 0.15) is 10.7 Å². The first-order valence-electron chi connectivity index (χ1n) is 8.23. The molecule has 0 heterocycles. The summed E-state index contributed by atoms with van der Waals surface area (Å²) in [5.74, 6) is -1.12. The van der Waals surface area contributed by atoms with Crippen molar-refractivity contribution in [3.8, 4) is 0 Å². The molecule has 2 rings (SSSR count). The van der Waals surface area contributed by atoms with E-state index in [9.17, 15) is 17.6 Å². The first-order valence-corrected chi connectivity index (χ1v) is 10.4. The van der Waals surface area contributed by atoms with Crippen LogP contribution in [-0.4, -0.2) is 31.7 Å². The predicted molar refractivity (Wildman–Crippen MR) is 105 cm³/mol. The van der Waals surface area contributed by atoms with Crippen LogP contribution in [0.3, 0.4) is 0 Å². The summed E-state index contributed by atoms with van der Waals surface area (Å²) in [4.78, 5) is 12.1. The fourth-order valence-corrected chi connectivity index (χ4v) is 4.74. The van der Waals surface area contributed by atoms with Gasteiger partial charge in [-0.05, 0) is 30.3 Å². The lowest BCUT2D eigenvalue weighted by Crippen LogP contribution is -2.31. The van der Waals surface area contributed by atoms with Gasteiger partial charge in [0.25, 0.3) is 0 Å². The average Bonchev–Trinajstić information content (AvgIpc) is 2.60. The molecule has 1 N–H and O–H groups in total. The van der Waals surface area contributed by atoms with E-state index < -0.39 is 21.7 Å². The molecule has 0 aliphatic heterocycles. The van der Waals surface area contributed by atoms with E-state index in [4.69, 9.17) is 23.2 Å². The summed E-state index contributed by atoms with van der Waals surface area (Å²) in [6.45, 7) is 4.02. The summed E-state index contributed by atoms with van der Waals surface area (Å²) in [7, 11) is -3.79. The van der Waals surface area contributed by atoms with Crippen molar-refractivity contribution in [2.45, 2.75) is 25.2 Å². The fourth-order valence-electron chi connectivity index (χ4n) is 2.55. The van der Waals surface area contributed by atoms with Gasteiger partial charge in [0.2, 0.25) is 15.9 Å². The Kier molecular flexibility index (Phi) is 7.22. The number of hydrogen-bond donors (Lipinski definition) is 1. The average molecular weight is 433 g/mol. The summed E-state index contributed by atoms with van der Waals surface area (Å²) in [6.07, 6.45) is -0.285. The predicted octanol–water partition coefficient (Wildman–Crippen LogP) is 4.34. The van der Waals surface area contributed by atoms with Gasteiger partial charge >= 0.3 is 0 Å².